The van der Waals surface area contributed by atoms with E-state index in [1.54, 1.807) is 18.2 Å². The van der Waals surface area contributed by atoms with E-state index in [0.717, 1.165) is 20.5 Å². The number of hydrogen-bond donors (Lipinski definition) is 0. The number of imide groups is 1. The van der Waals surface area contributed by atoms with Gasteiger partial charge in [-0.05, 0) is 48.0 Å². The van der Waals surface area contributed by atoms with Gasteiger partial charge in [0.2, 0.25) is 0 Å². The molecule has 2 atom stereocenters. The van der Waals surface area contributed by atoms with Gasteiger partial charge in [-0.1, -0.05) is 57.9 Å². The van der Waals surface area contributed by atoms with Crippen LogP contribution in [-0.2, 0) is 9.53 Å². The number of rotatable bonds is 5. The number of hydrogen-bond acceptors (Lipinski definition) is 6. The monoisotopic (exact) mass is 553 g/mol. The van der Waals surface area contributed by atoms with Crippen LogP contribution in [0.3, 0.4) is 0 Å². The summed E-state index contributed by atoms with van der Waals surface area (Å²) in [5, 5.41) is 7.18. The number of carbonyl (C=O) groups excluding carboxylic acids is 2. The maximum atomic E-state index is 14.0. The van der Waals surface area contributed by atoms with E-state index in [4.69, 9.17) is 26.2 Å². The summed E-state index contributed by atoms with van der Waals surface area (Å²) in [5.74, 6) is -0.326. The van der Waals surface area contributed by atoms with Gasteiger partial charge < -0.3 is 9.47 Å². The maximum Gasteiger partial charge on any atom is 0.416 e. The van der Waals surface area contributed by atoms with Crippen LogP contribution in [-0.4, -0.2) is 48.9 Å². The van der Waals surface area contributed by atoms with Gasteiger partial charge in [0.15, 0.2) is 0 Å². The summed E-state index contributed by atoms with van der Waals surface area (Å²) in [4.78, 5) is 27.5. The molecule has 0 aliphatic carbocycles. The van der Waals surface area contributed by atoms with Gasteiger partial charge in [-0.25, -0.2) is 9.69 Å². The summed E-state index contributed by atoms with van der Waals surface area (Å²) in [5.41, 5.74) is 2.90. The Bertz CT molecular complexity index is 1310. The van der Waals surface area contributed by atoms with Crippen LogP contribution in [0.5, 0.6) is 5.75 Å². The van der Waals surface area contributed by atoms with Crippen LogP contribution in [0.15, 0.2) is 82.4 Å². The third-order valence-electron chi connectivity index (χ3n) is 6.05. The first-order chi connectivity index (χ1) is 17.0. The number of methoxy groups -OCH3 is 1. The van der Waals surface area contributed by atoms with E-state index in [1.165, 1.54) is 0 Å². The molecule has 0 radical (unpaired) electrons. The average molecular weight is 555 g/mol. The van der Waals surface area contributed by atoms with Crippen molar-refractivity contribution < 1.29 is 19.1 Å². The van der Waals surface area contributed by atoms with Crippen LogP contribution < -0.4 is 9.75 Å². The second-order valence-electron chi connectivity index (χ2n) is 8.09. The number of amides is 2. The topological polar surface area (TPSA) is 71.4 Å². The van der Waals surface area contributed by atoms with Gasteiger partial charge in [0.25, 0.3) is 5.91 Å². The molecule has 5 rings (SSSR count). The van der Waals surface area contributed by atoms with Crippen molar-refractivity contribution in [3.05, 3.63) is 93.4 Å². The minimum atomic E-state index is -0.855. The highest BCUT2D eigenvalue weighted by atomic mass is 79.9. The third kappa shape index (κ3) is 4.39. The maximum absolute atomic E-state index is 14.0. The van der Waals surface area contributed by atoms with E-state index in [1.807, 2.05) is 66.7 Å². The first-order valence-corrected chi connectivity index (χ1v) is 12.2. The van der Waals surface area contributed by atoms with Crippen molar-refractivity contribution in [1.29, 1.82) is 0 Å². The first kappa shape index (κ1) is 23.4. The Balaban J connectivity index is 1.72. The molecule has 7 nitrogen and oxygen atoms in total. The summed E-state index contributed by atoms with van der Waals surface area (Å²) in [7, 11) is 1.59. The molecular formula is C26H21BrClN3O4. The highest BCUT2D eigenvalue weighted by molar-refractivity contribution is 9.10. The zero-order chi connectivity index (χ0) is 24.5. The van der Waals surface area contributed by atoms with Crippen LogP contribution >= 0.6 is 27.5 Å². The van der Waals surface area contributed by atoms with E-state index in [9.17, 15) is 9.59 Å². The summed E-state index contributed by atoms with van der Waals surface area (Å²) < 4.78 is 11.6. The van der Waals surface area contributed by atoms with Crippen LogP contribution in [0, 0.1) is 0 Å². The van der Waals surface area contributed by atoms with Crippen molar-refractivity contribution in [1.82, 2.24) is 4.90 Å². The molecule has 0 spiro atoms. The molecule has 9 heteroatoms. The second kappa shape index (κ2) is 9.71. The van der Waals surface area contributed by atoms with Crippen LogP contribution in [0.1, 0.15) is 17.0 Å². The molecule has 2 amide bonds. The quantitative estimate of drug-likeness (QED) is 0.418. The lowest BCUT2D eigenvalue weighted by atomic mass is 9.83. The Hall–Kier alpha value is -3.36. The molecule has 0 N–H and O–H groups in total. The highest BCUT2D eigenvalue weighted by Gasteiger charge is 2.48. The third-order valence-corrected chi connectivity index (χ3v) is 6.82. The summed E-state index contributed by atoms with van der Waals surface area (Å²) in [6.07, 6.45) is -0.652. The fourth-order valence-corrected chi connectivity index (χ4v) is 4.92. The summed E-state index contributed by atoms with van der Waals surface area (Å²) in [6, 6.07) is 21.5. The zero-order valence-electron chi connectivity index (χ0n) is 18.7. The molecule has 35 heavy (non-hydrogen) atoms. The van der Waals surface area contributed by atoms with E-state index in [0.29, 0.717) is 22.2 Å². The van der Waals surface area contributed by atoms with E-state index in [-0.39, 0.29) is 13.2 Å². The van der Waals surface area contributed by atoms with Crippen LogP contribution in [0.2, 0.25) is 5.02 Å². The van der Waals surface area contributed by atoms with E-state index in [2.05, 4.69) is 15.9 Å². The van der Waals surface area contributed by atoms with Crippen molar-refractivity contribution in [3.8, 4) is 5.75 Å². The number of hydrazone groups is 1. The van der Waals surface area contributed by atoms with Crippen molar-refractivity contribution in [3.63, 3.8) is 0 Å². The normalized spacial score (nSPS) is 19.5. The summed E-state index contributed by atoms with van der Waals surface area (Å²) in [6.45, 7) is 0.352. The molecule has 178 valence electrons. The Morgan fingerprint density at radius 3 is 2.57 bits per heavy atom. The number of carbonyl (C=O) groups is 2. The zero-order valence-corrected chi connectivity index (χ0v) is 21.1. The largest absolute Gasteiger partial charge is 0.496 e. The van der Waals surface area contributed by atoms with Gasteiger partial charge >= 0.3 is 6.09 Å². The minimum Gasteiger partial charge on any atom is -0.496 e. The predicted molar refractivity (Wildman–Crippen MR) is 137 cm³/mol. The van der Waals surface area contributed by atoms with Gasteiger partial charge in [-0.2, -0.15) is 5.10 Å². The average Bonchev–Trinajstić information content (AvgIpc) is 3.48. The number of benzene rings is 3. The number of cyclic esters (lactones) is 1. The van der Waals surface area contributed by atoms with Crippen molar-refractivity contribution in [2.45, 2.75) is 12.0 Å². The molecule has 3 aromatic carbocycles. The second-order valence-corrected chi connectivity index (χ2v) is 9.44. The van der Waals surface area contributed by atoms with Gasteiger partial charge in [-0.3, -0.25) is 9.80 Å². The van der Waals surface area contributed by atoms with Crippen LogP contribution in [0.4, 0.5) is 10.5 Å². The van der Waals surface area contributed by atoms with E-state index >= 15 is 0 Å². The molecule has 2 aliphatic rings. The lowest BCUT2D eigenvalue weighted by molar-refractivity contribution is -0.129. The lowest BCUT2D eigenvalue weighted by Gasteiger charge is -2.30. The molecule has 0 bridgehead atoms. The fourth-order valence-electron chi connectivity index (χ4n) is 4.47. The lowest BCUT2D eigenvalue weighted by Crippen LogP contribution is -2.48. The van der Waals surface area contributed by atoms with Crippen molar-refractivity contribution in [2.75, 3.05) is 25.3 Å². The molecule has 0 saturated carbocycles. The standard InChI is InChI=1S/C26H21BrClN3O4/c1-34-21-8-3-2-7-20(21)22-23(16-5-4-6-18(28)15-16)29-31(19-11-9-17(27)10-12-19)24(22)25(32)30-13-14-35-26(30)33/h2-12,15,22,24H,13-14H2,1H3/t22-,24-/m0/s1. The molecule has 2 aliphatic heterocycles. The Labute approximate surface area is 216 Å². The fraction of sp³-hybridized carbons (Fsp3) is 0.192. The molecule has 1 saturated heterocycles. The SMILES string of the molecule is COc1ccccc1[C@H]1C(c2cccc(Cl)c2)=NN(c2ccc(Br)cc2)[C@@H]1C(=O)N1CCOC1=O. The molecule has 0 unspecified atom stereocenters. The molecule has 3 aromatic rings. The minimum absolute atomic E-state index is 0.164. The van der Waals surface area contributed by atoms with E-state index < -0.39 is 24.0 Å². The van der Waals surface area contributed by atoms with Crippen LogP contribution in [0.25, 0.3) is 0 Å². The number of anilines is 1. The number of para-hydroxylation sites is 1. The van der Waals surface area contributed by atoms with Gasteiger partial charge in [0, 0.05) is 15.1 Å². The highest BCUT2D eigenvalue weighted by Crippen LogP contribution is 2.42. The Morgan fingerprint density at radius 1 is 1.11 bits per heavy atom. The molecule has 0 aromatic heterocycles. The Morgan fingerprint density at radius 2 is 1.89 bits per heavy atom. The summed E-state index contributed by atoms with van der Waals surface area (Å²) >= 11 is 9.80. The molecule has 2 heterocycles. The van der Waals surface area contributed by atoms with Gasteiger partial charge in [0.1, 0.15) is 18.4 Å². The number of ether oxygens (including phenoxy) is 2. The Kier molecular flexibility index (Phi) is 6.49. The first-order valence-electron chi connectivity index (χ1n) is 11.0. The number of halogens is 2. The van der Waals surface area contributed by atoms with Crippen molar-refractivity contribution >= 4 is 50.9 Å². The smallest absolute Gasteiger partial charge is 0.416 e. The van der Waals surface area contributed by atoms with Gasteiger partial charge in [0.05, 0.1) is 31.0 Å². The molecule has 1 fully saturated rings. The molecular weight excluding hydrogens is 534 g/mol. The van der Waals surface area contributed by atoms with Gasteiger partial charge in [-0.15, -0.1) is 0 Å². The number of nitrogens with zero attached hydrogens (tertiary/aromatic N) is 3. The predicted octanol–water partition coefficient (Wildman–Crippen LogP) is 5.47. The van der Waals surface area contributed by atoms with Crippen molar-refractivity contribution in [2.24, 2.45) is 5.10 Å².